The maximum atomic E-state index is 9.75. The lowest BCUT2D eigenvalue weighted by atomic mass is 9.81. The van der Waals surface area contributed by atoms with Crippen LogP contribution in [0.15, 0.2) is 84.9 Å². The monoisotopic (exact) mass is 387 g/mol. The molecule has 0 spiro atoms. The Morgan fingerprint density at radius 2 is 1.48 bits per heavy atom. The Bertz CT molecular complexity index is 913. The van der Waals surface area contributed by atoms with Crippen LogP contribution < -0.4 is 4.74 Å². The number of phenols is 1. The van der Waals surface area contributed by atoms with Gasteiger partial charge in [-0.1, -0.05) is 60.7 Å². The van der Waals surface area contributed by atoms with Gasteiger partial charge in [0.15, 0.2) is 0 Å². The Balaban J connectivity index is 1.94. The molecule has 0 aliphatic carbocycles. The zero-order valence-electron chi connectivity index (χ0n) is 17.4. The first-order valence-electron chi connectivity index (χ1n) is 9.96. The molecule has 0 aliphatic heterocycles. The summed E-state index contributed by atoms with van der Waals surface area (Å²) >= 11 is 0. The third kappa shape index (κ3) is 5.49. The summed E-state index contributed by atoms with van der Waals surface area (Å²) in [6.45, 7) is 3.63. The number of hydrogen-bond acceptors (Lipinski definition) is 3. The van der Waals surface area contributed by atoms with E-state index in [0.717, 1.165) is 17.9 Å². The van der Waals surface area contributed by atoms with Crippen molar-refractivity contribution in [2.45, 2.75) is 12.8 Å². The van der Waals surface area contributed by atoms with Crippen LogP contribution in [0.25, 0.3) is 5.57 Å². The summed E-state index contributed by atoms with van der Waals surface area (Å²) in [5.74, 6) is 1.22. The molecule has 150 valence electrons. The van der Waals surface area contributed by atoms with Crippen molar-refractivity contribution in [2.75, 3.05) is 27.2 Å². The van der Waals surface area contributed by atoms with Crippen molar-refractivity contribution in [3.8, 4) is 11.5 Å². The summed E-state index contributed by atoms with van der Waals surface area (Å²) in [6, 6.07) is 26.3. The van der Waals surface area contributed by atoms with Gasteiger partial charge in [0.05, 0.1) is 0 Å². The minimum Gasteiger partial charge on any atom is -0.508 e. The third-order valence-electron chi connectivity index (χ3n) is 4.98. The molecule has 1 atom stereocenters. The maximum Gasteiger partial charge on any atom is 0.119 e. The smallest absolute Gasteiger partial charge is 0.119 e. The Labute approximate surface area is 173 Å². The first-order chi connectivity index (χ1) is 14.1. The van der Waals surface area contributed by atoms with E-state index in [1.807, 2.05) is 44.4 Å². The number of rotatable bonds is 8. The number of nitrogens with zero attached hydrogens (tertiary/aromatic N) is 1. The fraction of sp³-hybridized carbons (Fsp3) is 0.231. The average molecular weight is 388 g/mol. The molecule has 29 heavy (non-hydrogen) atoms. The van der Waals surface area contributed by atoms with Crippen LogP contribution in [0.1, 0.15) is 29.5 Å². The number of allylic oxidation sites excluding steroid dienone is 2. The summed E-state index contributed by atoms with van der Waals surface area (Å²) in [5.41, 5.74) is 4.76. The summed E-state index contributed by atoms with van der Waals surface area (Å²) in [7, 11) is 4.08. The number of hydrogen-bond donors (Lipinski definition) is 1. The molecule has 0 saturated heterocycles. The molecule has 0 heterocycles. The minimum atomic E-state index is 0.0684. The molecule has 0 amide bonds. The zero-order chi connectivity index (χ0) is 20.6. The molecule has 0 saturated carbocycles. The topological polar surface area (TPSA) is 32.7 Å². The van der Waals surface area contributed by atoms with E-state index in [4.69, 9.17) is 4.74 Å². The van der Waals surface area contributed by atoms with E-state index in [9.17, 15) is 5.11 Å². The van der Waals surface area contributed by atoms with Crippen molar-refractivity contribution < 1.29 is 9.84 Å². The molecule has 1 unspecified atom stereocenters. The van der Waals surface area contributed by atoms with E-state index in [1.165, 1.54) is 16.7 Å². The quantitative estimate of drug-likeness (QED) is 0.549. The van der Waals surface area contributed by atoms with E-state index < -0.39 is 0 Å². The minimum absolute atomic E-state index is 0.0684. The van der Waals surface area contributed by atoms with Gasteiger partial charge in [0.1, 0.15) is 18.1 Å². The molecular formula is C26H29NO2. The van der Waals surface area contributed by atoms with Crippen molar-refractivity contribution in [3.63, 3.8) is 0 Å². The first-order valence-corrected chi connectivity index (χ1v) is 9.96. The highest BCUT2D eigenvalue weighted by Crippen LogP contribution is 2.38. The zero-order valence-corrected chi connectivity index (χ0v) is 17.4. The summed E-state index contributed by atoms with van der Waals surface area (Å²) < 4.78 is 5.86. The molecule has 0 aromatic heterocycles. The number of benzene rings is 3. The van der Waals surface area contributed by atoms with Crippen molar-refractivity contribution in [2.24, 2.45) is 0 Å². The summed E-state index contributed by atoms with van der Waals surface area (Å²) in [6.07, 6.45) is 2.17. The van der Waals surface area contributed by atoms with Gasteiger partial charge < -0.3 is 14.7 Å². The third-order valence-corrected chi connectivity index (χ3v) is 4.98. The van der Waals surface area contributed by atoms with Crippen LogP contribution in [0.2, 0.25) is 0 Å². The van der Waals surface area contributed by atoms with Gasteiger partial charge in [-0.25, -0.2) is 0 Å². The fourth-order valence-corrected chi connectivity index (χ4v) is 3.45. The molecule has 1 N–H and O–H groups in total. The van der Waals surface area contributed by atoms with Gasteiger partial charge in [-0.15, -0.1) is 0 Å². The van der Waals surface area contributed by atoms with Crippen molar-refractivity contribution in [1.29, 1.82) is 0 Å². The predicted molar refractivity (Wildman–Crippen MR) is 121 cm³/mol. The predicted octanol–water partition coefficient (Wildman–Crippen LogP) is 5.57. The average Bonchev–Trinajstić information content (AvgIpc) is 2.74. The first kappa shape index (κ1) is 20.7. The van der Waals surface area contributed by atoms with Crippen molar-refractivity contribution in [1.82, 2.24) is 4.90 Å². The Kier molecular flexibility index (Phi) is 7.09. The number of aromatic hydroxyl groups is 1. The highest BCUT2D eigenvalue weighted by Gasteiger charge is 2.20. The molecule has 3 heteroatoms. The van der Waals surface area contributed by atoms with Crippen LogP contribution in [0.3, 0.4) is 0 Å². The summed E-state index contributed by atoms with van der Waals surface area (Å²) in [4.78, 5) is 2.10. The maximum absolute atomic E-state index is 9.75. The Hall–Kier alpha value is -3.04. The number of ether oxygens (including phenoxy) is 1. The van der Waals surface area contributed by atoms with E-state index in [0.29, 0.717) is 6.61 Å². The van der Waals surface area contributed by atoms with E-state index in [-0.39, 0.29) is 11.7 Å². The standard InChI is InChI=1S/C26H29NO2/c1-4-25(20-8-6-5-7-9-20)26(21-10-14-23(28)15-11-21)22-12-16-24(17-13-22)29-19-18-27(2)3/h4-17,26,28H,18-19H2,1-3H3. The van der Waals surface area contributed by atoms with Crippen LogP contribution in [0.5, 0.6) is 11.5 Å². The van der Waals surface area contributed by atoms with Gasteiger partial charge in [-0.2, -0.15) is 0 Å². The second kappa shape index (κ2) is 9.94. The largest absolute Gasteiger partial charge is 0.508 e. The molecule has 0 radical (unpaired) electrons. The van der Waals surface area contributed by atoms with Gasteiger partial charge in [0, 0.05) is 12.5 Å². The van der Waals surface area contributed by atoms with Crippen LogP contribution in [0.4, 0.5) is 0 Å². The highest BCUT2D eigenvalue weighted by molar-refractivity contribution is 5.75. The van der Waals surface area contributed by atoms with E-state index in [1.54, 1.807) is 12.1 Å². The second-order valence-corrected chi connectivity index (χ2v) is 7.36. The van der Waals surface area contributed by atoms with E-state index in [2.05, 4.69) is 54.3 Å². The molecule has 3 aromatic rings. The van der Waals surface area contributed by atoms with Gasteiger partial charge in [-0.05, 0) is 67.5 Å². The van der Waals surface area contributed by atoms with E-state index >= 15 is 0 Å². The van der Waals surface area contributed by atoms with Crippen LogP contribution in [0, 0.1) is 0 Å². The van der Waals surface area contributed by atoms with Gasteiger partial charge in [-0.3, -0.25) is 0 Å². The second-order valence-electron chi connectivity index (χ2n) is 7.36. The molecule has 0 aliphatic rings. The molecular weight excluding hydrogens is 358 g/mol. The van der Waals surface area contributed by atoms with Crippen LogP contribution in [-0.2, 0) is 0 Å². The lowest BCUT2D eigenvalue weighted by Gasteiger charge is -2.23. The van der Waals surface area contributed by atoms with Crippen LogP contribution in [-0.4, -0.2) is 37.3 Å². The normalized spacial score (nSPS) is 12.8. The van der Waals surface area contributed by atoms with Crippen molar-refractivity contribution in [3.05, 3.63) is 102 Å². The Morgan fingerprint density at radius 1 is 0.897 bits per heavy atom. The molecule has 3 nitrogen and oxygen atoms in total. The lowest BCUT2D eigenvalue weighted by Crippen LogP contribution is -2.19. The molecule has 0 bridgehead atoms. The lowest BCUT2D eigenvalue weighted by molar-refractivity contribution is 0.261. The number of phenolic OH excluding ortho intramolecular Hbond substituents is 1. The SMILES string of the molecule is CC=C(c1ccccc1)C(c1ccc(O)cc1)c1ccc(OCCN(C)C)cc1. The Morgan fingerprint density at radius 3 is 2.03 bits per heavy atom. The molecule has 0 fully saturated rings. The van der Waals surface area contributed by atoms with Crippen LogP contribution >= 0.6 is 0 Å². The number of likely N-dealkylation sites (N-methyl/N-ethyl adjacent to an activating group) is 1. The molecule has 3 aromatic carbocycles. The van der Waals surface area contributed by atoms with Crippen molar-refractivity contribution >= 4 is 5.57 Å². The summed E-state index contributed by atoms with van der Waals surface area (Å²) in [5, 5.41) is 9.75. The van der Waals surface area contributed by atoms with Gasteiger partial charge in [0.25, 0.3) is 0 Å². The van der Waals surface area contributed by atoms with Gasteiger partial charge in [0.2, 0.25) is 0 Å². The molecule has 3 rings (SSSR count). The highest BCUT2D eigenvalue weighted by atomic mass is 16.5. The fourth-order valence-electron chi connectivity index (χ4n) is 3.45. The van der Waals surface area contributed by atoms with Gasteiger partial charge >= 0.3 is 0 Å².